The maximum Gasteiger partial charge on any atom is 0.306 e. The van der Waals surface area contributed by atoms with Gasteiger partial charge in [0.15, 0.2) is 6.10 Å². The first-order chi connectivity index (χ1) is 33.0. The summed E-state index contributed by atoms with van der Waals surface area (Å²) in [5.41, 5.74) is 0. The zero-order chi connectivity index (χ0) is 48.6. The Bertz CT molecular complexity index is 1440. The maximum absolute atomic E-state index is 12.8. The molecule has 0 saturated heterocycles. The smallest absolute Gasteiger partial charge is 0.306 e. The van der Waals surface area contributed by atoms with Crippen molar-refractivity contribution in [1.29, 1.82) is 0 Å². The molecule has 378 valence electrons. The lowest BCUT2D eigenvalue weighted by Crippen LogP contribution is -2.30. The van der Waals surface area contributed by atoms with Crippen LogP contribution >= 0.6 is 0 Å². The summed E-state index contributed by atoms with van der Waals surface area (Å²) in [5.74, 6) is -1.01. The predicted molar refractivity (Wildman–Crippen MR) is 288 cm³/mol. The van der Waals surface area contributed by atoms with E-state index in [1.54, 1.807) is 0 Å². The van der Waals surface area contributed by atoms with Gasteiger partial charge in [-0.05, 0) is 89.9 Å². The van der Waals surface area contributed by atoms with Crippen molar-refractivity contribution in [1.82, 2.24) is 0 Å². The van der Waals surface area contributed by atoms with Crippen molar-refractivity contribution in [3.8, 4) is 0 Å². The van der Waals surface area contributed by atoms with Crippen LogP contribution in [0.25, 0.3) is 0 Å². The average molecular weight is 927 g/mol. The Morgan fingerprint density at radius 2 is 0.597 bits per heavy atom. The van der Waals surface area contributed by atoms with Crippen molar-refractivity contribution in [2.75, 3.05) is 13.2 Å². The van der Waals surface area contributed by atoms with Crippen molar-refractivity contribution in [2.45, 2.75) is 232 Å². The van der Waals surface area contributed by atoms with E-state index in [0.717, 1.165) is 96.3 Å². The van der Waals surface area contributed by atoms with Crippen LogP contribution in [0, 0.1) is 0 Å². The second kappa shape index (κ2) is 54.4. The fraction of sp³-hybridized carbons (Fsp3) is 0.623. The monoisotopic (exact) mass is 927 g/mol. The van der Waals surface area contributed by atoms with Gasteiger partial charge in [0, 0.05) is 19.3 Å². The Kier molecular flexibility index (Phi) is 51.0. The van der Waals surface area contributed by atoms with Crippen LogP contribution in [0.15, 0.2) is 122 Å². The van der Waals surface area contributed by atoms with Crippen molar-refractivity contribution >= 4 is 17.9 Å². The number of unbranched alkanes of at least 4 members (excludes halogenated alkanes) is 23. The maximum atomic E-state index is 12.8. The van der Waals surface area contributed by atoms with Crippen LogP contribution in [-0.4, -0.2) is 37.2 Å². The average Bonchev–Trinajstić information content (AvgIpc) is 3.33. The predicted octanol–water partition coefficient (Wildman–Crippen LogP) is 18.1. The van der Waals surface area contributed by atoms with Gasteiger partial charge in [-0.25, -0.2) is 0 Å². The normalized spacial score (nSPS) is 13.1. The van der Waals surface area contributed by atoms with Gasteiger partial charge in [0.25, 0.3) is 0 Å². The molecule has 0 aromatic heterocycles. The Balaban J connectivity index is 4.57. The van der Waals surface area contributed by atoms with E-state index in [-0.39, 0.29) is 37.5 Å². The molecule has 0 fully saturated rings. The van der Waals surface area contributed by atoms with Gasteiger partial charge in [0.2, 0.25) is 0 Å². The summed E-state index contributed by atoms with van der Waals surface area (Å²) in [6.45, 7) is 6.40. The van der Waals surface area contributed by atoms with E-state index in [4.69, 9.17) is 14.2 Å². The fourth-order valence-electron chi connectivity index (χ4n) is 7.06. The summed E-state index contributed by atoms with van der Waals surface area (Å²) in [5, 5.41) is 0. The summed E-state index contributed by atoms with van der Waals surface area (Å²) >= 11 is 0. The zero-order valence-electron chi connectivity index (χ0n) is 43.1. The first-order valence-electron chi connectivity index (χ1n) is 27.2. The third-order valence-corrected chi connectivity index (χ3v) is 11.1. The summed E-state index contributed by atoms with van der Waals surface area (Å²) in [6.07, 6.45) is 74.6. The van der Waals surface area contributed by atoms with Gasteiger partial charge in [-0.2, -0.15) is 0 Å². The molecule has 0 amide bonds. The van der Waals surface area contributed by atoms with Crippen LogP contribution in [0.5, 0.6) is 0 Å². The molecule has 0 aliphatic heterocycles. The van der Waals surface area contributed by atoms with Gasteiger partial charge >= 0.3 is 17.9 Å². The summed E-state index contributed by atoms with van der Waals surface area (Å²) in [6, 6.07) is 0. The zero-order valence-corrected chi connectivity index (χ0v) is 43.1. The van der Waals surface area contributed by atoms with E-state index in [1.165, 1.54) is 89.9 Å². The minimum Gasteiger partial charge on any atom is -0.462 e. The van der Waals surface area contributed by atoms with Crippen LogP contribution in [0.3, 0.4) is 0 Å². The minimum atomic E-state index is -0.820. The minimum absolute atomic E-state index is 0.115. The molecule has 0 aliphatic rings. The van der Waals surface area contributed by atoms with E-state index in [9.17, 15) is 14.4 Å². The number of esters is 3. The lowest BCUT2D eigenvalue weighted by molar-refractivity contribution is -0.167. The molecule has 0 aliphatic carbocycles. The summed E-state index contributed by atoms with van der Waals surface area (Å²) in [7, 11) is 0. The molecule has 67 heavy (non-hydrogen) atoms. The number of ether oxygens (including phenoxy) is 3. The van der Waals surface area contributed by atoms with Crippen LogP contribution < -0.4 is 0 Å². The Morgan fingerprint density at radius 1 is 0.313 bits per heavy atom. The first kappa shape index (κ1) is 62.8. The number of hydrogen-bond acceptors (Lipinski definition) is 6. The molecule has 0 spiro atoms. The van der Waals surface area contributed by atoms with Crippen molar-refractivity contribution in [3.63, 3.8) is 0 Å². The molecule has 6 heteroatoms. The highest BCUT2D eigenvalue weighted by atomic mass is 16.6. The van der Waals surface area contributed by atoms with Gasteiger partial charge in [-0.1, -0.05) is 239 Å². The van der Waals surface area contributed by atoms with Gasteiger partial charge in [-0.15, -0.1) is 0 Å². The van der Waals surface area contributed by atoms with Crippen LogP contribution in [0.2, 0.25) is 0 Å². The van der Waals surface area contributed by atoms with Crippen molar-refractivity contribution < 1.29 is 28.6 Å². The fourth-order valence-corrected chi connectivity index (χ4v) is 7.06. The molecule has 1 unspecified atom stereocenters. The molecule has 0 aromatic carbocycles. The molecule has 6 nitrogen and oxygen atoms in total. The Labute approximate surface area is 412 Å². The molecule has 0 bridgehead atoms. The SMILES string of the molecule is CC\C=C/C=C\C=C/C=C\C=C\C=C/C=C\CCCCCC(=O)OCC(COC(=O)CCCCC/C=C\CCCCCCCCC)OC(=O)CCCCC/C=C\C=C/CCCCCCCCC. The molecule has 0 saturated carbocycles. The van der Waals surface area contributed by atoms with Crippen LogP contribution in [0.1, 0.15) is 226 Å². The second-order valence-corrected chi connectivity index (χ2v) is 17.6. The molecule has 0 rings (SSSR count). The van der Waals surface area contributed by atoms with Crippen LogP contribution in [0.4, 0.5) is 0 Å². The van der Waals surface area contributed by atoms with Gasteiger partial charge in [-0.3, -0.25) is 14.4 Å². The number of rotatable bonds is 47. The van der Waals surface area contributed by atoms with E-state index in [2.05, 4.69) is 69.4 Å². The van der Waals surface area contributed by atoms with E-state index >= 15 is 0 Å². The summed E-state index contributed by atoms with van der Waals surface area (Å²) < 4.78 is 16.8. The Hall–Kier alpha value is -4.19. The van der Waals surface area contributed by atoms with E-state index in [1.807, 2.05) is 72.9 Å². The number of carbonyl (C=O) groups is 3. The second-order valence-electron chi connectivity index (χ2n) is 17.6. The molecule has 1 atom stereocenters. The third-order valence-electron chi connectivity index (χ3n) is 11.1. The molecule has 0 aromatic rings. The van der Waals surface area contributed by atoms with E-state index < -0.39 is 6.10 Å². The Morgan fingerprint density at radius 3 is 0.970 bits per heavy atom. The highest BCUT2D eigenvalue weighted by Crippen LogP contribution is 2.13. The summed E-state index contributed by atoms with van der Waals surface area (Å²) in [4.78, 5) is 38.1. The van der Waals surface area contributed by atoms with Gasteiger partial charge in [0.05, 0.1) is 0 Å². The standard InChI is InChI=1S/C61H98O6/c1-4-7-10-13-16-19-22-25-28-30-31-32-34-36-39-42-45-48-51-54-60(63)66-57-58(56-65-59(62)53-50-47-44-41-38-35-27-24-21-18-15-12-9-6-3)67-61(64)55-52-49-46-43-40-37-33-29-26-23-20-17-14-11-8-5-2/h7,10,13,16,19,22,25,28-40,58H,4-6,8-9,11-12,14-15,17-18,20-21,23-24,26-27,41-57H2,1-3H3/b10-7-,16-13-,22-19-,28-25-,31-30+,33-29-,34-32-,38-35-,39-36-,40-37-. The highest BCUT2D eigenvalue weighted by molar-refractivity contribution is 5.71. The quantitative estimate of drug-likeness (QED) is 0.0199. The van der Waals surface area contributed by atoms with Crippen LogP contribution in [-0.2, 0) is 28.6 Å². The van der Waals surface area contributed by atoms with E-state index in [0.29, 0.717) is 12.8 Å². The first-order valence-corrected chi connectivity index (χ1v) is 27.2. The third kappa shape index (κ3) is 52.6. The van der Waals surface area contributed by atoms with Gasteiger partial charge in [0.1, 0.15) is 13.2 Å². The van der Waals surface area contributed by atoms with Crippen molar-refractivity contribution in [3.05, 3.63) is 122 Å². The lowest BCUT2D eigenvalue weighted by Gasteiger charge is -2.18. The molecular formula is C61H98O6. The number of carbonyl (C=O) groups excluding carboxylic acids is 3. The lowest BCUT2D eigenvalue weighted by atomic mass is 10.1. The topological polar surface area (TPSA) is 78.9 Å². The largest absolute Gasteiger partial charge is 0.462 e. The highest BCUT2D eigenvalue weighted by Gasteiger charge is 2.19. The van der Waals surface area contributed by atoms with Crippen molar-refractivity contribution in [2.24, 2.45) is 0 Å². The number of hydrogen-bond donors (Lipinski definition) is 0. The molecular weight excluding hydrogens is 829 g/mol. The number of allylic oxidation sites excluding steroid dienone is 20. The van der Waals surface area contributed by atoms with Gasteiger partial charge < -0.3 is 14.2 Å². The molecule has 0 radical (unpaired) electrons. The molecule has 0 heterocycles. The molecule has 0 N–H and O–H groups in total.